The van der Waals surface area contributed by atoms with Crippen molar-refractivity contribution in [3.63, 3.8) is 0 Å². The molecule has 1 aliphatic heterocycles. The Bertz CT molecular complexity index is 725. The maximum absolute atomic E-state index is 12.2. The monoisotopic (exact) mass is 325 g/mol. The Kier molecular flexibility index (Phi) is 4.74. The molecule has 1 aromatic carbocycles. The SMILES string of the molecule is O=C(NC1CCN(c2cccc(C(=O)O)n2)CC1)c1ccccc1. The highest BCUT2D eigenvalue weighted by atomic mass is 16.4. The lowest BCUT2D eigenvalue weighted by Gasteiger charge is -2.33. The van der Waals surface area contributed by atoms with E-state index in [9.17, 15) is 9.59 Å². The van der Waals surface area contributed by atoms with Crippen LogP contribution in [0.2, 0.25) is 0 Å². The molecule has 124 valence electrons. The Morgan fingerprint density at radius 2 is 1.75 bits per heavy atom. The van der Waals surface area contributed by atoms with E-state index in [0.29, 0.717) is 11.4 Å². The summed E-state index contributed by atoms with van der Waals surface area (Å²) in [6, 6.07) is 14.3. The fraction of sp³-hybridized carbons (Fsp3) is 0.278. The van der Waals surface area contributed by atoms with Crippen LogP contribution in [-0.2, 0) is 0 Å². The zero-order chi connectivity index (χ0) is 16.9. The van der Waals surface area contributed by atoms with Crippen LogP contribution in [0.3, 0.4) is 0 Å². The molecule has 1 amide bonds. The summed E-state index contributed by atoms with van der Waals surface area (Å²) >= 11 is 0. The largest absolute Gasteiger partial charge is 0.477 e. The minimum Gasteiger partial charge on any atom is -0.477 e. The first-order chi connectivity index (χ1) is 11.6. The fourth-order valence-electron chi connectivity index (χ4n) is 2.83. The van der Waals surface area contributed by atoms with Gasteiger partial charge in [-0.05, 0) is 37.1 Å². The van der Waals surface area contributed by atoms with E-state index < -0.39 is 5.97 Å². The number of amides is 1. The van der Waals surface area contributed by atoms with Gasteiger partial charge >= 0.3 is 5.97 Å². The Balaban J connectivity index is 1.57. The minimum absolute atomic E-state index is 0.0482. The number of hydrogen-bond acceptors (Lipinski definition) is 4. The van der Waals surface area contributed by atoms with E-state index in [1.54, 1.807) is 18.2 Å². The van der Waals surface area contributed by atoms with Crippen LogP contribution in [0, 0.1) is 0 Å². The van der Waals surface area contributed by atoms with Crippen LogP contribution in [0.25, 0.3) is 0 Å². The molecule has 2 N–H and O–H groups in total. The maximum atomic E-state index is 12.2. The molecule has 0 unspecified atom stereocenters. The van der Waals surface area contributed by atoms with Gasteiger partial charge in [0, 0.05) is 24.7 Å². The first-order valence-corrected chi connectivity index (χ1v) is 7.95. The van der Waals surface area contributed by atoms with Crippen molar-refractivity contribution in [3.05, 3.63) is 59.8 Å². The Labute approximate surface area is 140 Å². The first-order valence-electron chi connectivity index (χ1n) is 7.95. The number of piperidine rings is 1. The van der Waals surface area contributed by atoms with Crippen molar-refractivity contribution in [2.24, 2.45) is 0 Å². The molecule has 0 spiro atoms. The van der Waals surface area contributed by atoms with Crippen molar-refractivity contribution in [3.8, 4) is 0 Å². The number of rotatable bonds is 4. The van der Waals surface area contributed by atoms with Gasteiger partial charge in [0.05, 0.1) is 0 Å². The zero-order valence-corrected chi connectivity index (χ0v) is 13.2. The molecular formula is C18H19N3O3. The van der Waals surface area contributed by atoms with Crippen LogP contribution in [0.4, 0.5) is 5.82 Å². The van der Waals surface area contributed by atoms with E-state index >= 15 is 0 Å². The summed E-state index contributed by atoms with van der Waals surface area (Å²) in [6.07, 6.45) is 1.61. The average molecular weight is 325 g/mol. The van der Waals surface area contributed by atoms with Gasteiger partial charge in [-0.25, -0.2) is 9.78 Å². The second kappa shape index (κ2) is 7.12. The molecule has 2 aromatic rings. The predicted molar refractivity (Wildman–Crippen MR) is 90.3 cm³/mol. The molecule has 0 saturated carbocycles. The number of carboxylic acid groups (broad SMARTS) is 1. The van der Waals surface area contributed by atoms with Crippen molar-refractivity contribution in [1.29, 1.82) is 0 Å². The van der Waals surface area contributed by atoms with Crippen molar-refractivity contribution in [2.45, 2.75) is 18.9 Å². The number of aromatic carboxylic acids is 1. The highest BCUT2D eigenvalue weighted by Gasteiger charge is 2.22. The van der Waals surface area contributed by atoms with Gasteiger partial charge in [0.1, 0.15) is 5.82 Å². The molecule has 2 heterocycles. The average Bonchev–Trinajstić information content (AvgIpc) is 2.63. The molecule has 6 heteroatoms. The quantitative estimate of drug-likeness (QED) is 0.900. The lowest BCUT2D eigenvalue weighted by molar-refractivity contribution is 0.0690. The van der Waals surface area contributed by atoms with Gasteiger partial charge in [0.25, 0.3) is 5.91 Å². The highest BCUT2D eigenvalue weighted by molar-refractivity contribution is 5.94. The normalized spacial score (nSPS) is 15.1. The number of carbonyl (C=O) groups is 2. The van der Waals surface area contributed by atoms with Gasteiger partial charge in [-0.15, -0.1) is 0 Å². The summed E-state index contributed by atoms with van der Waals surface area (Å²) in [5.41, 5.74) is 0.711. The smallest absolute Gasteiger partial charge is 0.354 e. The standard InChI is InChI=1S/C18H19N3O3/c22-17(13-5-2-1-3-6-13)19-14-9-11-21(12-10-14)16-8-4-7-15(20-16)18(23)24/h1-8,14H,9-12H2,(H,19,22)(H,23,24). The highest BCUT2D eigenvalue weighted by Crippen LogP contribution is 2.18. The van der Waals surface area contributed by atoms with Crippen molar-refractivity contribution in [2.75, 3.05) is 18.0 Å². The van der Waals surface area contributed by atoms with E-state index in [0.717, 1.165) is 25.9 Å². The zero-order valence-electron chi connectivity index (χ0n) is 13.2. The summed E-state index contributed by atoms with van der Waals surface area (Å²) in [5.74, 6) is -0.412. The molecule has 1 fully saturated rings. The number of benzene rings is 1. The predicted octanol–water partition coefficient (Wildman–Crippen LogP) is 2.18. The first kappa shape index (κ1) is 16.0. The number of carboxylic acids is 1. The minimum atomic E-state index is -1.03. The summed E-state index contributed by atoms with van der Waals surface area (Å²) in [7, 11) is 0. The van der Waals surface area contributed by atoms with Gasteiger partial charge in [-0.1, -0.05) is 24.3 Å². The maximum Gasteiger partial charge on any atom is 0.354 e. The molecule has 0 atom stereocenters. The number of carbonyl (C=O) groups excluding carboxylic acids is 1. The molecule has 3 rings (SSSR count). The van der Waals surface area contributed by atoms with Gasteiger partial charge < -0.3 is 15.3 Å². The second-order valence-electron chi connectivity index (χ2n) is 5.79. The van der Waals surface area contributed by atoms with Crippen LogP contribution in [0.1, 0.15) is 33.7 Å². The Morgan fingerprint density at radius 1 is 1.04 bits per heavy atom. The van der Waals surface area contributed by atoms with Gasteiger partial charge in [0.15, 0.2) is 5.69 Å². The lowest BCUT2D eigenvalue weighted by atomic mass is 10.0. The number of aromatic nitrogens is 1. The third-order valence-electron chi connectivity index (χ3n) is 4.14. The van der Waals surface area contributed by atoms with Crippen LogP contribution in [0.15, 0.2) is 48.5 Å². The van der Waals surface area contributed by atoms with Crippen LogP contribution in [0.5, 0.6) is 0 Å². The summed E-state index contributed by atoms with van der Waals surface area (Å²) in [5, 5.41) is 12.1. The lowest BCUT2D eigenvalue weighted by Crippen LogP contribution is -2.45. The molecule has 0 aliphatic carbocycles. The van der Waals surface area contributed by atoms with E-state index in [-0.39, 0.29) is 17.6 Å². The number of nitrogens with zero attached hydrogens (tertiary/aromatic N) is 2. The van der Waals surface area contributed by atoms with Crippen molar-refractivity contribution in [1.82, 2.24) is 10.3 Å². The molecule has 6 nitrogen and oxygen atoms in total. The van der Waals surface area contributed by atoms with E-state index in [4.69, 9.17) is 5.11 Å². The van der Waals surface area contributed by atoms with E-state index in [1.165, 1.54) is 6.07 Å². The Morgan fingerprint density at radius 3 is 2.42 bits per heavy atom. The van der Waals surface area contributed by atoms with E-state index in [1.807, 2.05) is 24.3 Å². The number of nitrogens with one attached hydrogen (secondary N) is 1. The van der Waals surface area contributed by atoms with Gasteiger partial charge in [0.2, 0.25) is 0 Å². The molecule has 1 saturated heterocycles. The topological polar surface area (TPSA) is 82.5 Å². The van der Waals surface area contributed by atoms with Gasteiger partial charge in [-0.3, -0.25) is 4.79 Å². The summed E-state index contributed by atoms with van der Waals surface area (Å²) in [4.78, 5) is 29.4. The number of pyridine rings is 1. The van der Waals surface area contributed by atoms with Crippen molar-refractivity contribution < 1.29 is 14.7 Å². The van der Waals surface area contributed by atoms with Crippen molar-refractivity contribution >= 4 is 17.7 Å². The van der Waals surface area contributed by atoms with Crippen LogP contribution >= 0.6 is 0 Å². The summed E-state index contributed by atoms with van der Waals surface area (Å²) in [6.45, 7) is 1.46. The Hall–Kier alpha value is -2.89. The van der Waals surface area contributed by atoms with Gasteiger partial charge in [-0.2, -0.15) is 0 Å². The third-order valence-corrected chi connectivity index (χ3v) is 4.14. The molecule has 24 heavy (non-hydrogen) atoms. The summed E-state index contributed by atoms with van der Waals surface area (Å²) < 4.78 is 0. The number of anilines is 1. The second-order valence-corrected chi connectivity index (χ2v) is 5.79. The molecule has 1 aromatic heterocycles. The van der Waals surface area contributed by atoms with E-state index in [2.05, 4.69) is 15.2 Å². The van der Waals surface area contributed by atoms with Crippen LogP contribution in [-0.4, -0.2) is 41.1 Å². The molecule has 0 bridgehead atoms. The molecule has 1 aliphatic rings. The number of hydrogen-bond donors (Lipinski definition) is 2. The molecular weight excluding hydrogens is 306 g/mol. The molecule has 0 radical (unpaired) electrons. The fourth-order valence-corrected chi connectivity index (χ4v) is 2.83. The van der Waals surface area contributed by atoms with Crippen LogP contribution < -0.4 is 10.2 Å². The third kappa shape index (κ3) is 3.71.